The average Bonchev–Trinajstić information content (AvgIpc) is 3.02. The summed E-state index contributed by atoms with van der Waals surface area (Å²) in [6, 6.07) is 3.59. The standard InChI is InChI=1S/C19H22BrCl2F3N4O2/c1-9-15(22)17(19(23,24)25)27-29(9)18(26)16(30)10-3-5-28(6-4-10)13-8-14(31-2)12(21)7-11(13)20/h7-8,10,16,18,30H,3-6,26H2,1-2H3. The van der Waals surface area contributed by atoms with Crippen molar-refractivity contribution in [1.82, 2.24) is 9.78 Å². The summed E-state index contributed by atoms with van der Waals surface area (Å²) in [5, 5.41) is 14.3. The molecule has 2 unspecified atom stereocenters. The molecule has 2 aromatic rings. The Bertz CT molecular complexity index is 949. The number of aliphatic hydroxyl groups excluding tert-OH is 1. The van der Waals surface area contributed by atoms with E-state index in [4.69, 9.17) is 33.7 Å². The Labute approximate surface area is 196 Å². The van der Waals surface area contributed by atoms with Gasteiger partial charge in [0.25, 0.3) is 0 Å². The lowest BCUT2D eigenvalue weighted by atomic mass is 9.89. The monoisotopic (exact) mass is 544 g/mol. The van der Waals surface area contributed by atoms with E-state index >= 15 is 0 Å². The zero-order chi connectivity index (χ0) is 23.1. The fourth-order valence-electron chi connectivity index (χ4n) is 3.79. The van der Waals surface area contributed by atoms with E-state index in [0.29, 0.717) is 36.7 Å². The molecule has 1 aromatic carbocycles. The Hall–Kier alpha value is -1.20. The molecular weight excluding hydrogens is 524 g/mol. The van der Waals surface area contributed by atoms with Gasteiger partial charge in [0, 0.05) is 23.6 Å². The quantitative estimate of drug-likeness (QED) is 0.551. The molecule has 0 bridgehead atoms. The lowest BCUT2D eigenvalue weighted by Crippen LogP contribution is -2.44. The third kappa shape index (κ3) is 4.93. The van der Waals surface area contributed by atoms with E-state index in [1.165, 1.54) is 14.0 Å². The molecule has 0 aliphatic carbocycles. The second-order valence-electron chi connectivity index (χ2n) is 7.43. The Morgan fingerprint density at radius 3 is 2.42 bits per heavy atom. The largest absolute Gasteiger partial charge is 0.495 e. The van der Waals surface area contributed by atoms with Gasteiger partial charge in [0.15, 0.2) is 5.69 Å². The first-order chi connectivity index (χ1) is 14.5. The summed E-state index contributed by atoms with van der Waals surface area (Å²) < 4.78 is 46.3. The highest BCUT2D eigenvalue weighted by Crippen LogP contribution is 2.39. The number of aliphatic hydroxyl groups is 1. The first kappa shape index (κ1) is 24.4. The molecule has 3 rings (SSSR count). The first-order valence-corrected chi connectivity index (χ1v) is 11.0. The van der Waals surface area contributed by atoms with Crippen LogP contribution in [0.15, 0.2) is 16.6 Å². The van der Waals surface area contributed by atoms with Crippen molar-refractivity contribution in [3.8, 4) is 5.75 Å². The number of nitrogens with zero attached hydrogens (tertiary/aromatic N) is 3. The number of halogens is 6. The number of piperidine rings is 1. The van der Waals surface area contributed by atoms with Gasteiger partial charge in [0.1, 0.15) is 11.9 Å². The predicted molar refractivity (Wildman–Crippen MR) is 117 cm³/mol. The lowest BCUT2D eigenvalue weighted by molar-refractivity contribution is -0.141. The average molecular weight is 546 g/mol. The van der Waals surface area contributed by atoms with Gasteiger partial charge in [-0.15, -0.1) is 0 Å². The van der Waals surface area contributed by atoms with E-state index < -0.39 is 29.2 Å². The van der Waals surface area contributed by atoms with Crippen molar-refractivity contribution in [3.63, 3.8) is 0 Å². The maximum atomic E-state index is 13.1. The van der Waals surface area contributed by atoms with Gasteiger partial charge >= 0.3 is 6.18 Å². The van der Waals surface area contributed by atoms with Gasteiger partial charge in [-0.05, 0) is 47.7 Å². The highest BCUT2D eigenvalue weighted by Gasteiger charge is 2.40. The molecule has 3 N–H and O–H groups in total. The number of methoxy groups -OCH3 is 1. The van der Waals surface area contributed by atoms with Crippen LogP contribution in [0.2, 0.25) is 10.0 Å². The number of aromatic nitrogens is 2. The zero-order valence-electron chi connectivity index (χ0n) is 16.8. The number of hydrogen-bond donors (Lipinski definition) is 2. The predicted octanol–water partition coefficient (Wildman–Crippen LogP) is 5.02. The number of ether oxygens (including phenoxy) is 1. The van der Waals surface area contributed by atoms with Crippen LogP contribution in [0.3, 0.4) is 0 Å². The third-order valence-electron chi connectivity index (χ3n) is 5.56. The van der Waals surface area contributed by atoms with Crippen LogP contribution in [0.5, 0.6) is 5.75 Å². The van der Waals surface area contributed by atoms with Gasteiger partial charge in [0.2, 0.25) is 0 Å². The maximum Gasteiger partial charge on any atom is 0.436 e. The van der Waals surface area contributed by atoms with E-state index in [1.54, 1.807) is 6.07 Å². The summed E-state index contributed by atoms with van der Waals surface area (Å²) in [5.41, 5.74) is 5.86. The van der Waals surface area contributed by atoms with E-state index in [9.17, 15) is 18.3 Å². The summed E-state index contributed by atoms with van der Waals surface area (Å²) in [5.74, 6) is 0.339. The molecule has 2 heterocycles. The van der Waals surface area contributed by atoms with E-state index in [-0.39, 0.29) is 11.6 Å². The molecule has 1 saturated heterocycles. The van der Waals surface area contributed by atoms with E-state index in [2.05, 4.69) is 25.9 Å². The van der Waals surface area contributed by atoms with Crippen LogP contribution < -0.4 is 15.4 Å². The van der Waals surface area contributed by atoms with Crippen molar-refractivity contribution in [2.75, 3.05) is 25.1 Å². The Balaban J connectivity index is 1.72. The second-order valence-corrected chi connectivity index (χ2v) is 9.07. The fraction of sp³-hybridized carbons (Fsp3) is 0.526. The molecule has 12 heteroatoms. The number of nitrogens with two attached hydrogens (primary N) is 1. The van der Waals surface area contributed by atoms with Crippen molar-refractivity contribution >= 4 is 44.8 Å². The highest BCUT2D eigenvalue weighted by atomic mass is 79.9. The van der Waals surface area contributed by atoms with Crippen LogP contribution in [0.1, 0.15) is 30.4 Å². The van der Waals surface area contributed by atoms with Gasteiger partial charge in [-0.3, -0.25) is 0 Å². The molecular formula is C19H22BrCl2F3N4O2. The SMILES string of the molecule is COc1cc(N2CCC(C(O)C(N)n3nc(C(F)(F)F)c(Cl)c3C)CC2)c(Br)cc1Cl. The molecule has 172 valence electrons. The van der Waals surface area contributed by atoms with Crippen molar-refractivity contribution in [2.24, 2.45) is 11.7 Å². The number of benzene rings is 1. The molecule has 0 radical (unpaired) electrons. The normalized spacial score (nSPS) is 17.7. The maximum absolute atomic E-state index is 13.1. The van der Waals surface area contributed by atoms with Crippen molar-refractivity contribution < 1.29 is 23.0 Å². The smallest absolute Gasteiger partial charge is 0.436 e. The molecule has 0 spiro atoms. The second kappa shape index (κ2) is 9.35. The first-order valence-electron chi connectivity index (χ1n) is 9.49. The van der Waals surface area contributed by atoms with Crippen LogP contribution in [0.4, 0.5) is 18.9 Å². The fourth-order valence-corrected chi connectivity index (χ4v) is 4.99. The zero-order valence-corrected chi connectivity index (χ0v) is 19.9. The molecule has 1 aliphatic rings. The van der Waals surface area contributed by atoms with Gasteiger partial charge in [-0.2, -0.15) is 18.3 Å². The molecule has 31 heavy (non-hydrogen) atoms. The molecule has 1 fully saturated rings. The van der Waals surface area contributed by atoms with Gasteiger partial charge in [-0.25, -0.2) is 4.68 Å². The van der Waals surface area contributed by atoms with Crippen LogP contribution in [0.25, 0.3) is 0 Å². The minimum absolute atomic E-state index is 0.0650. The van der Waals surface area contributed by atoms with Gasteiger partial charge < -0.3 is 20.5 Å². The number of rotatable bonds is 5. The van der Waals surface area contributed by atoms with Crippen LogP contribution in [0, 0.1) is 12.8 Å². The summed E-state index contributed by atoms with van der Waals surface area (Å²) >= 11 is 15.5. The van der Waals surface area contributed by atoms with Crippen molar-refractivity contribution in [2.45, 2.75) is 38.2 Å². The summed E-state index contributed by atoms with van der Waals surface area (Å²) in [7, 11) is 1.54. The number of hydrogen-bond acceptors (Lipinski definition) is 5. The van der Waals surface area contributed by atoms with Crippen molar-refractivity contribution in [3.05, 3.63) is 38.0 Å². The molecule has 1 aromatic heterocycles. The molecule has 2 atom stereocenters. The number of anilines is 1. The van der Waals surface area contributed by atoms with Gasteiger partial charge in [-0.1, -0.05) is 23.2 Å². The van der Waals surface area contributed by atoms with Crippen molar-refractivity contribution in [1.29, 1.82) is 0 Å². The molecule has 0 amide bonds. The summed E-state index contributed by atoms with van der Waals surface area (Å²) in [6.45, 7) is 2.63. The highest BCUT2D eigenvalue weighted by molar-refractivity contribution is 9.10. The number of alkyl halides is 3. The van der Waals surface area contributed by atoms with Gasteiger partial charge in [0.05, 0.1) is 34.6 Å². The lowest BCUT2D eigenvalue weighted by Gasteiger charge is -2.37. The molecule has 0 saturated carbocycles. The minimum atomic E-state index is -4.70. The Kier molecular flexibility index (Phi) is 7.37. The van der Waals surface area contributed by atoms with Crippen LogP contribution >= 0.6 is 39.1 Å². The topological polar surface area (TPSA) is 76.5 Å². The third-order valence-corrected chi connectivity index (χ3v) is 6.95. The summed E-state index contributed by atoms with van der Waals surface area (Å²) in [6.07, 6.45) is -5.75. The Morgan fingerprint density at radius 1 is 1.29 bits per heavy atom. The minimum Gasteiger partial charge on any atom is -0.495 e. The van der Waals surface area contributed by atoms with Crippen LogP contribution in [-0.2, 0) is 6.18 Å². The van der Waals surface area contributed by atoms with Crippen LogP contribution in [-0.4, -0.2) is 41.2 Å². The molecule has 6 nitrogen and oxygen atoms in total. The van der Waals surface area contributed by atoms with E-state index in [0.717, 1.165) is 14.8 Å². The summed E-state index contributed by atoms with van der Waals surface area (Å²) in [4.78, 5) is 2.12. The molecule has 1 aliphatic heterocycles. The Morgan fingerprint density at radius 2 is 1.90 bits per heavy atom. The van der Waals surface area contributed by atoms with E-state index in [1.807, 2.05) is 6.07 Å².